The summed E-state index contributed by atoms with van der Waals surface area (Å²) in [6, 6.07) is 16.5. The maximum atomic E-state index is 12.2. The van der Waals surface area contributed by atoms with Gasteiger partial charge >= 0.3 is 0 Å². The van der Waals surface area contributed by atoms with Gasteiger partial charge in [0.15, 0.2) is 0 Å². The number of hydrogen-bond donors (Lipinski definition) is 2. The Labute approximate surface area is 127 Å². The molecule has 0 spiro atoms. The Morgan fingerprint density at radius 3 is 2.40 bits per heavy atom. The van der Waals surface area contributed by atoms with Crippen molar-refractivity contribution in [2.75, 3.05) is 0 Å². The van der Waals surface area contributed by atoms with Crippen LogP contribution in [0.5, 0.6) is 0 Å². The molecule has 2 atom stereocenters. The number of nitrogens with one attached hydrogen (secondary N) is 1. The van der Waals surface area contributed by atoms with Gasteiger partial charge < -0.3 is 11.1 Å². The van der Waals surface area contributed by atoms with Crippen molar-refractivity contribution >= 4 is 21.8 Å². The summed E-state index contributed by atoms with van der Waals surface area (Å²) in [5.41, 5.74) is 7.82. The van der Waals surface area contributed by atoms with Crippen LogP contribution in [0, 0.1) is 0 Å². The average molecular weight is 333 g/mol. The number of amides is 1. The van der Waals surface area contributed by atoms with Gasteiger partial charge in [-0.2, -0.15) is 0 Å². The van der Waals surface area contributed by atoms with E-state index in [2.05, 4.69) is 21.2 Å². The van der Waals surface area contributed by atoms with Gasteiger partial charge in [-0.3, -0.25) is 4.79 Å². The monoisotopic (exact) mass is 332 g/mol. The minimum absolute atomic E-state index is 0.0882. The van der Waals surface area contributed by atoms with Crippen molar-refractivity contribution in [3.63, 3.8) is 0 Å². The second-order valence-corrected chi connectivity index (χ2v) is 5.59. The average Bonchev–Trinajstić information content (AvgIpc) is 2.47. The molecule has 104 valence electrons. The number of rotatable bonds is 4. The van der Waals surface area contributed by atoms with E-state index in [1.165, 1.54) is 0 Å². The van der Waals surface area contributed by atoms with Gasteiger partial charge in [-0.1, -0.05) is 58.4 Å². The molecule has 20 heavy (non-hydrogen) atoms. The fraction of sp³-hybridized carbons (Fsp3) is 0.188. The van der Waals surface area contributed by atoms with Crippen LogP contribution in [-0.4, -0.2) is 5.91 Å². The maximum absolute atomic E-state index is 12.2. The highest BCUT2D eigenvalue weighted by molar-refractivity contribution is 9.10. The van der Waals surface area contributed by atoms with Crippen LogP contribution < -0.4 is 11.1 Å². The highest BCUT2D eigenvalue weighted by Crippen LogP contribution is 2.19. The first-order valence-corrected chi connectivity index (χ1v) is 7.23. The summed E-state index contributed by atoms with van der Waals surface area (Å²) in [5.74, 6) is -0.177. The van der Waals surface area contributed by atoms with Crippen LogP contribution in [0.25, 0.3) is 0 Å². The van der Waals surface area contributed by atoms with Crippen LogP contribution in [0.1, 0.15) is 30.1 Å². The van der Waals surface area contributed by atoms with E-state index < -0.39 is 6.04 Å². The molecule has 0 saturated carbocycles. The van der Waals surface area contributed by atoms with E-state index >= 15 is 0 Å². The third-order valence-electron chi connectivity index (χ3n) is 3.15. The summed E-state index contributed by atoms with van der Waals surface area (Å²) in [6.45, 7) is 1.94. The molecule has 1 amide bonds. The molecule has 2 aromatic carbocycles. The normalized spacial score (nSPS) is 13.6. The van der Waals surface area contributed by atoms with Gasteiger partial charge in [-0.15, -0.1) is 0 Å². The van der Waals surface area contributed by atoms with Gasteiger partial charge in [0.05, 0.1) is 6.04 Å². The smallest absolute Gasteiger partial charge is 0.241 e. The fourth-order valence-electron chi connectivity index (χ4n) is 1.97. The lowest BCUT2D eigenvalue weighted by atomic mass is 10.1. The molecule has 2 aromatic rings. The first kappa shape index (κ1) is 14.8. The van der Waals surface area contributed by atoms with Crippen molar-refractivity contribution in [3.8, 4) is 0 Å². The lowest BCUT2D eigenvalue weighted by Gasteiger charge is -2.18. The molecule has 0 saturated heterocycles. The van der Waals surface area contributed by atoms with Crippen LogP contribution in [0.3, 0.4) is 0 Å². The van der Waals surface area contributed by atoms with E-state index in [1.54, 1.807) is 0 Å². The van der Waals surface area contributed by atoms with Gasteiger partial charge in [-0.25, -0.2) is 0 Å². The van der Waals surface area contributed by atoms with Crippen LogP contribution in [0.4, 0.5) is 0 Å². The number of carbonyl (C=O) groups excluding carboxylic acids is 1. The van der Waals surface area contributed by atoms with Crippen molar-refractivity contribution in [1.29, 1.82) is 0 Å². The lowest BCUT2D eigenvalue weighted by molar-refractivity contribution is -0.123. The molecule has 4 heteroatoms. The van der Waals surface area contributed by atoms with Crippen LogP contribution in [0.2, 0.25) is 0 Å². The summed E-state index contributed by atoms with van der Waals surface area (Å²) >= 11 is 3.42. The molecule has 0 aliphatic rings. The molecule has 0 bridgehead atoms. The Bertz CT molecular complexity index is 586. The minimum Gasteiger partial charge on any atom is -0.348 e. The SMILES string of the molecule is CC(NC(=O)C(N)c1ccccc1)c1cccc(Br)c1. The molecule has 2 rings (SSSR count). The third kappa shape index (κ3) is 3.68. The highest BCUT2D eigenvalue weighted by atomic mass is 79.9. The van der Waals surface area contributed by atoms with Gasteiger partial charge in [0.1, 0.15) is 6.04 Å². The third-order valence-corrected chi connectivity index (χ3v) is 3.64. The molecule has 3 nitrogen and oxygen atoms in total. The molecular weight excluding hydrogens is 316 g/mol. The summed E-state index contributed by atoms with van der Waals surface area (Å²) in [5, 5.41) is 2.94. The highest BCUT2D eigenvalue weighted by Gasteiger charge is 2.18. The summed E-state index contributed by atoms with van der Waals surface area (Å²) in [7, 11) is 0. The van der Waals surface area contributed by atoms with Crippen molar-refractivity contribution in [2.45, 2.75) is 19.0 Å². The predicted molar refractivity (Wildman–Crippen MR) is 84.1 cm³/mol. The van der Waals surface area contributed by atoms with Crippen LogP contribution in [-0.2, 0) is 4.79 Å². The number of halogens is 1. The molecule has 2 unspecified atom stereocenters. The Kier molecular flexibility index (Phi) is 4.93. The molecule has 3 N–H and O–H groups in total. The fourth-order valence-corrected chi connectivity index (χ4v) is 2.39. The number of carbonyl (C=O) groups is 1. The largest absolute Gasteiger partial charge is 0.348 e. The van der Waals surface area contributed by atoms with Crippen LogP contribution >= 0.6 is 15.9 Å². The van der Waals surface area contributed by atoms with Crippen molar-refractivity contribution in [3.05, 3.63) is 70.2 Å². The Morgan fingerprint density at radius 2 is 1.75 bits per heavy atom. The van der Waals surface area contributed by atoms with E-state index in [0.29, 0.717) is 0 Å². The first-order chi connectivity index (χ1) is 9.58. The van der Waals surface area contributed by atoms with E-state index in [9.17, 15) is 4.79 Å². The quantitative estimate of drug-likeness (QED) is 0.902. The predicted octanol–water partition coefficient (Wildman–Crippen LogP) is 3.33. The van der Waals surface area contributed by atoms with E-state index in [1.807, 2.05) is 61.5 Å². The van der Waals surface area contributed by atoms with Crippen LogP contribution in [0.15, 0.2) is 59.1 Å². The molecular formula is C16H17BrN2O. The van der Waals surface area contributed by atoms with Crippen molar-refractivity contribution in [1.82, 2.24) is 5.32 Å². The number of hydrogen-bond acceptors (Lipinski definition) is 2. The summed E-state index contributed by atoms with van der Waals surface area (Å²) in [6.07, 6.45) is 0. The number of benzene rings is 2. The van der Waals surface area contributed by atoms with Crippen molar-refractivity contribution < 1.29 is 4.79 Å². The zero-order chi connectivity index (χ0) is 14.5. The zero-order valence-electron chi connectivity index (χ0n) is 11.2. The van der Waals surface area contributed by atoms with E-state index in [-0.39, 0.29) is 11.9 Å². The molecule has 0 fully saturated rings. The first-order valence-electron chi connectivity index (χ1n) is 6.44. The van der Waals surface area contributed by atoms with E-state index in [0.717, 1.165) is 15.6 Å². The zero-order valence-corrected chi connectivity index (χ0v) is 12.8. The Balaban J connectivity index is 2.04. The van der Waals surface area contributed by atoms with E-state index in [4.69, 9.17) is 5.73 Å². The van der Waals surface area contributed by atoms with Crippen molar-refractivity contribution in [2.24, 2.45) is 5.73 Å². The second-order valence-electron chi connectivity index (χ2n) is 4.67. The molecule has 0 heterocycles. The Morgan fingerprint density at radius 1 is 1.10 bits per heavy atom. The molecule has 0 radical (unpaired) electrons. The van der Waals surface area contributed by atoms with Gasteiger partial charge in [-0.05, 0) is 30.2 Å². The number of nitrogens with two attached hydrogens (primary N) is 1. The second kappa shape index (κ2) is 6.68. The lowest BCUT2D eigenvalue weighted by Crippen LogP contribution is -2.35. The Hall–Kier alpha value is -1.65. The summed E-state index contributed by atoms with van der Waals surface area (Å²) < 4.78 is 0.989. The maximum Gasteiger partial charge on any atom is 0.241 e. The molecule has 0 aliphatic carbocycles. The van der Waals surface area contributed by atoms with Gasteiger partial charge in [0.25, 0.3) is 0 Å². The molecule has 0 aliphatic heterocycles. The topological polar surface area (TPSA) is 55.1 Å². The minimum atomic E-state index is -0.647. The van der Waals surface area contributed by atoms with Gasteiger partial charge in [0.2, 0.25) is 5.91 Å². The standard InChI is InChI=1S/C16H17BrN2O/c1-11(13-8-5-9-14(17)10-13)19-16(20)15(18)12-6-3-2-4-7-12/h2-11,15H,18H2,1H3,(H,19,20). The van der Waals surface area contributed by atoms with Gasteiger partial charge in [0, 0.05) is 4.47 Å². The summed E-state index contributed by atoms with van der Waals surface area (Å²) in [4.78, 5) is 12.2. The molecule has 0 aromatic heterocycles.